The molecule has 0 aliphatic heterocycles. The number of rotatable bonds is 5. The number of carbonyl (C=O) groups excluding carboxylic acids is 1. The third-order valence-electron chi connectivity index (χ3n) is 0.764. The molecule has 0 unspecified atom stereocenters. The summed E-state index contributed by atoms with van der Waals surface area (Å²) in [6.07, 6.45) is 2.14. The number of unbranched alkanes of at least 4 members (excludes halogenated alkanes) is 1. The summed E-state index contributed by atoms with van der Waals surface area (Å²) < 4.78 is 0. The van der Waals surface area contributed by atoms with Crippen LogP contribution in [0.3, 0.4) is 0 Å². The van der Waals surface area contributed by atoms with E-state index in [0.717, 1.165) is 19.4 Å². The van der Waals surface area contributed by atoms with E-state index in [1.807, 2.05) is 0 Å². The fourth-order valence-corrected chi connectivity index (χ4v) is 0.342. The van der Waals surface area contributed by atoms with Crippen molar-refractivity contribution in [1.82, 2.24) is 5.48 Å². The molecule has 0 aliphatic carbocycles. The van der Waals surface area contributed by atoms with Crippen LogP contribution in [-0.4, -0.2) is 13.0 Å². The maximum absolute atomic E-state index is 9.48. The molecule has 4 heteroatoms. The molecule has 0 aromatic carbocycles. The van der Waals surface area contributed by atoms with Crippen LogP contribution in [0.15, 0.2) is 0 Å². The molecule has 0 aliphatic rings. The average molecular weight is 141 g/mol. The molecule has 0 saturated heterocycles. The van der Waals surface area contributed by atoms with E-state index in [-0.39, 0.29) is 31.0 Å². The molecule has 0 aromatic heterocycles. The first-order valence-electron chi connectivity index (χ1n) is 2.74. The Labute approximate surface area is 78.9 Å². The van der Waals surface area contributed by atoms with Crippen LogP contribution < -0.4 is 35.0 Å². The zero-order valence-electron chi connectivity index (χ0n) is 7.02. The van der Waals surface area contributed by atoms with E-state index >= 15 is 0 Å². The van der Waals surface area contributed by atoms with Crippen molar-refractivity contribution in [2.75, 3.05) is 6.54 Å². The Hall–Kier alpha value is 0.430. The van der Waals surface area contributed by atoms with Crippen LogP contribution >= 0.6 is 0 Å². The fourth-order valence-electron chi connectivity index (χ4n) is 0.342. The van der Waals surface area contributed by atoms with E-state index in [1.54, 1.807) is 0 Å². The molecule has 0 amide bonds. The number of hydrogen-bond donors (Lipinski definition) is 1. The van der Waals surface area contributed by atoms with Gasteiger partial charge in [0.05, 0.1) is 0 Å². The van der Waals surface area contributed by atoms with Crippen LogP contribution in [0.5, 0.6) is 0 Å². The molecular weight excluding hydrogens is 129 g/mol. The first kappa shape index (κ1) is 12.1. The fraction of sp³-hybridized carbons (Fsp3) is 0.800. The van der Waals surface area contributed by atoms with E-state index in [2.05, 4.69) is 17.2 Å². The van der Waals surface area contributed by atoms with Crippen molar-refractivity contribution in [3.8, 4) is 0 Å². The molecule has 0 rings (SSSR count). The van der Waals surface area contributed by atoms with Crippen LogP contribution in [0.25, 0.3) is 0 Å². The van der Waals surface area contributed by atoms with Gasteiger partial charge in [-0.25, -0.2) is 0 Å². The summed E-state index contributed by atoms with van der Waals surface area (Å²) in [4.78, 5) is 13.7. The Balaban J connectivity index is -0.000000245. The van der Waals surface area contributed by atoms with Crippen molar-refractivity contribution in [2.45, 2.75) is 19.8 Å². The molecule has 1 N–H and O–H groups in total. The van der Waals surface area contributed by atoms with Gasteiger partial charge in [0.1, 0.15) is 0 Å². The van der Waals surface area contributed by atoms with Gasteiger partial charge in [0, 0.05) is 6.54 Å². The molecule has 0 heterocycles. The summed E-state index contributed by atoms with van der Waals surface area (Å²) in [5.74, 6) is 0. The topological polar surface area (TPSA) is 38.3 Å². The third kappa shape index (κ3) is 11.8. The van der Waals surface area contributed by atoms with Crippen LogP contribution in [0.2, 0.25) is 0 Å². The van der Waals surface area contributed by atoms with Gasteiger partial charge in [0.2, 0.25) is 0 Å². The molecule has 0 spiro atoms. The van der Waals surface area contributed by atoms with Gasteiger partial charge in [0.25, 0.3) is 0 Å². The predicted octanol–water partition coefficient (Wildman–Crippen LogP) is -2.42. The monoisotopic (exact) mass is 141 g/mol. The molecule has 0 saturated carbocycles. The molecular formula is C5H12NNaO2. The summed E-state index contributed by atoms with van der Waals surface area (Å²) in [6, 6.07) is 0. The van der Waals surface area contributed by atoms with Crippen molar-refractivity contribution >= 4 is 6.47 Å². The molecule has 0 radical (unpaired) electrons. The summed E-state index contributed by atoms with van der Waals surface area (Å²) in [5.41, 5.74) is 2.47. The van der Waals surface area contributed by atoms with E-state index in [4.69, 9.17) is 0 Å². The Morgan fingerprint density at radius 3 is 2.89 bits per heavy atom. The Kier molecular flexibility index (Phi) is 15.2. The molecule has 0 fully saturated rings. The van der Waals surface area contributed by atoms with Crippen molar-refractivity contribution < 1.29 is 40.6 Å². The minimum absolute atomic E-state index is 0. The molecule has 0 atom stereocenters. The van der Waals surface area contributed by atoms with Crippen LogP contribution in [0.1, 0.15) is 21.2 Å². The molecule has 0 bridgehead atoms. The van der Waals surface area contributed by atoms with E-state index in [0.29, 0.717) is 6.47 Å². The second-order valence-electron chi connectivity index (χ2n) is 1.46. The zero-order chi connectivity index (χ0) is 6.24. The number of carbonyl (C=O) groups is 1. The first-order valence-corrected chi connectivity index (χ1v) is 2.74. The number of nitrogens with one attached hydrogen (secondary N) is 1. The maximum Gasteiger partial charge on any atom is 1.00 e. The summed E-state index contributed by atoms with van der Waals surface area (Å²) >= 11 is 0. The van der Waals surface area contributed by atoms with Gasteiger partial charge in [-0.3, -0.25) is 4.79 Å². The van der Waals surface area contributed by atoms with Crippen molar-refractivity contribution in [3.05, 3.63) is 0 Å². The Morgan fingerprint density at radius 2 is 2.44 bits per heavy atom. The van der Waals surface area contributed by atoms with E-state index in [9.17, 15) is 4.79 Å². The third-order valence-corrected chi connectivity index (χ3v) is 0.764. The summed E-state index contributed by atoms with van der Waals surface area (Å²) in [6.45, 7) is 3.20. The van der Waals surface area contributed by atoms with E-state index in [1.165, 1.54) is 0 Å². The largest absolute Gasteiger partial charge is 1.00 e. The van der Waals surface area contributed by atoms with Crippen molar-refractivity contribution in [1.29, 1.82) is 0 Å². The maximum atomic E-state index is 9.48. The van der Waals surface area contributed by atoms with Gasteiger partial charge in [0.15, 0.2) is 0 Å². The van der Waals surface area contributed by atoms with Crippen LogP contribution in [0.4, 0.5) is 0 Å². The second-order valence-corrected chi connectivity index (χ2v) is 1.46. The Morgan fingerprint density at radius 1 is 1.78 bits per heavy atom. The molecule has 50 valence electrons. The Bertz CT molecular complexity index is 65.6. The second kappa shape index (κ2) is 11.3. The quantitative estimate of drug-likeness (QED) is 0.200. The molecule has 0 aromatic rings. The minimum atomic E-state index is 0. The number of hydrogen-bond acceptors (Lipinski definition) is 3. The summed E-state index contributed by atoms with van der Waals surface area (Å²) in [7, 11) is 0. The smallest absolute Gasteiger partial charge is 1.00 e. The SMILES string of the molecule is CCCCNOC=O.[H-].[Na+]. The van der Waals surface area contributed by atoms with Gasteiger partial charge in [-0.05, 0) is 6.42 Å². The van der Waals surface area contributed by atoms with E-state index < -0.39 is 0 Å². The van der Waals surface area contributed by atoms with Crippen LogP contribution in [0, 0.1) is 0 Å². The number of hydroxylamine groups is 1. The van der Waals surface area contributed by atoms with Crippen molar-refractivity contribution in [2.24, 2.45) is 0 Å². The van der Waals surface area contributed by atoms with Gasteiger partial charge in [-0.1, -0.05) is 13.3 Å². The standard InChI is InChI=1S/C5H11NO2.Na.H/c1-2-3-4-6-8-5-7;;/h5-6H,2-4H2,1H3;;/q;+1;-1. The zero-order valence-corrected chi connectivity index (χ0v) is 8.02. The van der Waals surface area contributed by atoms with Gasteiger partial charge in [-0.2, -0.15) is 5.48 Å². The predicted molar refractivity (Wildman–Crippen MR) is 31.2 cm³/mol. The van der Waals surface area contributed by atoms with Crippen molar-refractivity contribution in [3.63, 3.8) is 0 Å². The summed E-state index contributed by atoms with van der Waals surface area (Å²) in [5, 5.41) is 0. The normalized spacial score (nSPS) is 7.67. The average Bonchev–Trinajstić information content (AvgIpc) is 1.81. The van der Waals surface area contributed by atoms with Crippen LogP contribution in [-0.2, 0) is 9.63 Å². The van der Waals surface area contributed by atoms with Gasteiger partial charge >= 0.3 is 36.0 Å². The van der Waals surface area contributed by atoms with Gasteiger partial charge < -0.3 is 6.26 Å². The molecule has 3 nitrogen and oxygen atoms in total. The molecule has 9 heavy (non-hydrogen) atoms. The first-order chi connectivity index (χ1) is 3.91. The minimum Gasteiger partial charge on any atom is -1.00 e. The van der Waals surface area contributed by atoms with Gasteiger partial charge in [-0.15, -0.1) is 0 Å².